The predicted molar refractivity (Wildman–Crippen MR) is 79.5 cm³/mol. The minimum Gasteiger partial charge on any atom is -0.444 e. The van der Waals surface area contributed by atoms with Gasteiger partial charge in [-0.2, -0.15) is 0 Å². The van der Waals surface area contributed by atoms with Crippen LogP contribution in [0.4, 0.5) is 9.18 Å². The zero-order chi connectivity index (χ0) is 16.0. The number of amides is 1. The van der Waals surface area contributed by atoms with Crippen LogP contribution in [-0.4, -0.2) is 41.7 Å². The molecule has 0 aliphatic heterocycles. The molecule has 1 heterocycles. The van der Waals surface area contributed by atoms with Crippen molar-refractivity contribution in [1.29, 1.82) is 0 Å². The van der Waals surface area contributed by atoms with Crippen LogP contribution in [0.25, 0.3) is 0 Å². The minimum atomic E-state index is -0.501. The Morgan fingerprint density at radius 3 is 2.71 bits per heavy atom. The number of carbonyl (C=O) groups is 1. The van der Waals surface area contributed by atoms with Crippen LogP contribution in [-0.2, 0) is 4.74 Å². The number of aromatic nitrogens is 1. The fourth-order valence-electron chi connectivity index (χ4n) is 1.66. The molecule has 1 aromatic heterocycles. The Labute approximate surface area is 125 Å². The number of hydrogen-bond acceptors (Lipinski definition) is 4. The number of rotatable bonds is 5. The van der Waals surface area contributed by atoms with E-state index in [4.69, 9.17) is 4.74 Å². The zero-order valence-corrected chi connectivity index (χ0v) is 13.3. The molecule has 6 heteroatoms. The normalized spacial score (nSPS) is 12.9. The molecule has 0 aliphatic rings. The van der Waals surface area contributed by atoms with Crippen LogP contribution in [0.2, 0.25) is 0 Å². The number of nitrogens with one attached hydrogen (secondary N) is 1. The molecular formula is C15H24FN3O2. The summed E-state index contributed by atoms with van der Waals surface area (Å²) in [5, 5.41) is 3.22. The second-order valence-corrected chi connectivity index (χ2v) is 6.01. The summed E-state index contributed by atoms with van der Waals surface area (Å²) >= 11 is 0. The van der Waals surface area contributed by atoms with Gasteiger partial charge in [0.1, 0.15) is 11.4 Å². The first-order chi connectivity index (χ1) is 9.69. The van der Waals surface area contributed by atoms with Crippen LogP contribution < -0.4 is 5.32 Å². The first kappa shape index (κ1) is 17.4. The lowest BCUT2D eigenvalue weighted by atomic mass is 10.1. The average Bonchev–Trinajstić information content (AvgIpc) is 2.36. The first-order valence-electron chi connectivity index (χ1n) is 6.97. The summed E-state index contributed by atoms with van der Waals surface area (Å²) in [6.07, 6.45) is 2.44. The Kier molecular flexibility index (Phi) is 6.08. The van der Waals surface area contributed by atoms with Gasteiger partial charge in [0.15, 0.2) is 0 Å². The maximum Gasteiger partial charge on any atom is 0.410 e. The minimum absolute atomic E-state index is 0.0414. The number of carbonyl (C=O) groups excluding carboxylic acids is 1. The summed E-state index contributed by atoms with van der Waals surface area (Å²) in [5.74, 6) is -0.355. The van der Waals surface area contributed by atoms with E-state index in [2.05, 4.69) is 10.3 Å². The van der Waals surface area contributed by atoms with Gasteiger partial charge in [-0.25, -0.2) is 9.18 Å². The van der Waals surface area contributed by atoms with E-state index in [1.54, 1.807) is 13.2 Å². The molecule has 0 spiro atoms. The lowest BCUT2D eigenvalue weighted by Gasteiger charge is -2.25. The van der Waals surface area contributed by atoms with Gasteiger partial charge in [-0.05, 0) is 39.3 Å². The van der Waals surface area contributed by atoms with Crippen LogP contribution in [0.1, 0.15) is 39.3 Å². The van der Waals surface area contributed by atoms with Gasteiger partial charge in [-0.3, -0.25) is 4.98 Å². The van der Waals surface area contributed by atoms with Crippen molar-refractivity contribution >= 4 is 6.09 Å². The predicted octanol–water partition coefficient (Wildman–Crippen LogP) is 2.74. The highest BCUT2D eigenvalue weighted by Gasteiger charge is 2.19. The fourth-order valence-corrected chi connectivity index (χ4v) is 1.66. The number of hydrogen-bond donors (Lipinski definition) is 1. The monoisotopic (exact) mass is 297 g/mol. The summed E-state index contributed by atoms with van der Waals surface area (Å²) < 4.78 is 18.3. The van der Waals surface area contributed by atoms with Gasteiger partial charge in [0, 0.05) is 32.4 Å². The summed E-state index contributed by atoms with van der Waals surface area (Å²) in [6.45, 7) is 8.49. The van der Waals surface area contributed by atoms with E-state index >= 15 is 0 Å². The Morgan fingerprint density at radius 1 is 1.48 bits per heavy atom. The van der Waals surface area contributed by atoms with Crippen molar-refractivity contribution in [2.75, 3.05) is 20.1 Å². The Bertz CT molecular complexity index is 474. The summed E-state index contributed by atoms with van der Waals surface area (Å²) in [4.78, 5) is 17.1. The van der Waals surface area contributed by atoms with Crippen molar-refractivity contribution in [2.24, 2.45) is 0 Å². The highest BCUT2D eigenvalue weighted by molar-refractivity contribution is 5.67. The average molecular weight is 297 g/mol. The molecule has 1 atom stereocenters. The molecule has 118 valence electrons. The van der Waals surface area contributed by atoms with Crippen molar-refractivity contribution in [1.82, 2.24) is 15.2 Å². The maximum atomic E-state index is 13.1. The van der Waals surface area contributed by atoms with Crippen LogP contribution in [0.5, 0.6) is 0 Å². The zero-order valence-electron chi connectivity index (χ0n) is 13.3. The number of halogens is 1. The molecule has 0 saturated heterocycles. The van der Waals surface area contributed by atoms with Crippen molar-refractivity contribution < 1.29 is 13.9 Å². The third kappa shape index (κ3) is 6.53. The first-order valence-corrected chi connectivity index (χ1v) is 6.97. The number of pyridine rings is 1. The molecule has 1 aromatic rings. The SMILES string of the molecule is CC(NCCN(C)C(=O)OC(C)(C)C)c1cncc(F)c1. The van der Waals surface area contributed by atoms with Gasteiger partial charge in [-0.15, -0.1) is 0 Å². The quantitative estimate of drug-likeness (QED) is 0.908. The van der Waals surface area contributed by atoms with Crippen molar-refractivity contribution in [3.05, 3.63) is 29.8 Å². The number of ether oxygens (including phenoxy) is 1. The topological polar surface area (TPSA) is 54.5 Å². The van der Waals surface area contributed by atoms with Gasteiger partial charge >= 0.3 is 6.09 Å². The van der Waals surface area contributed by atoms with E-state index in [0.717, 1.165) is 5.56 Å². The Balaban J connectivity index is 2.37. The maximum absolute atomic E-state index is 13.1. The van der Waals surface area contributed by atoms with Gasteiger partial charge in [0.25, 0.3) is 0 Å². The molecule has 0 aromatic carbocycles. The van der Waals surface area contributed by atoms with E-state index in [-0.39, 0.29) is 18.0 Å². The molecule has 1 unspecified atom stereocenters. The molecule has 0 bridgehead atoms. The molecule has 0 fully saturated rings. The van der Waals surface area contributed by atoms with Crippen LogP contribution in [0, 0.1) is 5.82 Å². The Hall–Kier alpha value is -1.69. The van der Waals surface area contributed by atoms with Gasteiger partial charge < -0.3 is 15.0 Å². The van der Waals surface area contributed by atoms with Crippen molar-refractivity contribution in [3.63, 3.8) is 0 Å². The smallest absolute Gasteiger partial charge is 0.410 e. The van der Waals surface area contributed by atoms with E-state index < -0.39 is 5.60 Å². The molecule has 0 radical (unpaired) electrons. The molecule has 0 aliphatic carbocycles. The third-order valence-corrected chi connectivity index (χ3v) is 2.83. The lowest BCUT2D eigenvalue weighted by molar-refractivity contribution is 0.0299. The second-order valence-electron chi connectivity index (χ2n) is 6.01. The molecule has 1 amide bonds. The summed E-state index contributed by atoms with van der Waals surface area (Å²) in [7, 11) is 1.68. The fraction of sp³-hybridized carbons (Fsp3) is 0.600. The third-order valence-electron chi connectivity index (χ3n) is 2.83. The van der Waals surface area contributed by atoms with E-state index in [1.807, 2.05) is 27.7 Å². The molecular weight excluding hydrogens is 273 g/mol. The van der Waals surface area contributed by atoms with E-state index in [0.29, 0.717) is 13.1 Å². The highest BCUT2D eigenvalue weighted by atomic mass is 19.1. The molecule has 5 nitrogen and oxygen atoms in total. The van der Waals surface area contributed by atoms with Crippen LogP contribution >= 0.6 is 0 Å². The second kappa shape index (κ2) is 7.36. The van der Waals surface area contributed by atoms with Gasteiger partial charge in [-0.1, -0.05) is 0 Å². The van der Waals surface area contributed by atoms with E-state index in [9.17, 15) is 9.18 Å². The van der Waals surface area contributed by atoms with E-state index in [1.165, 1.54) is 17.2 Å². The van der Waals surface area contributed by atoms with Crippen LogP contribution in [0.3, 0.4) is 0 Å². The number of likely N-dealkylation sites (N-methyl/N-ethyl adjacent to an activating group) is 1. The molecule has 1 N–H and O–H groups in total. The molecule has 1 rings (SSSR count). The standard InChI is InChI=1S/C15H24FN3O2/c1-11(12-8-13(16)10-17-9-12)18-6-7-19(5)14(20)21-15(2,3)4/h8-11,18H,6-7H2,1-5H3. The highest BCUT2D eigenvalue weighted by Crippen LogP contribution is 2.12. The molecule has 21 heavy (non-hydrogen) atoms. The molecule has 0 saturated carbocycles. The summed E-state index contributed by atoms with van der Waals surface area (Å²) in [6, 6.07) is 1.41. The van der Waals surface area contributed by atoms with Crippen molar-refractivity contribution in [2.45, 2.75) is 39.3 Å². The largest absolute Gasteiger partial charge is 0.444 e. The van der Waals surface area contributed by atoms with Crippen LogP contribution in [0.15, 0.2) is 18.5 Å². The Morgan fingerprint density at radius 2 is 2.14 bits per heavy atom. The van der Waals surface area contributed by atoms with Gasteiger partial charge in [0.2, 0.25) is 0 Å². The lowest BCUT2D eigenvalue weighted by Crippen LogP contribution is -2.38. The van der Waals surface area contributed by atoms with Crippen molar-refractivity contribution in [3.8, 4) is 0 Å². The number of nitrogens with zero attached hydrogens (tertiary/aromatic N) is 2. The summed E-state index contributed by atoms with van der Waals surface area (Å²) in [5.41, 5.74) is 0.272. The van der Waals surface area contributed by atoms with Gasteiger partial charge in [0.05, 0.1) is 6.20 Å².